The Labute approximate surface area is 149 Å². The number of hydrogen-bond donors (Lipinski definition) is 0. The van der Waals surface area contributed by atoms with Gasteiger partial charge in [-0.3, -0.25) is 4.79 Å². The molecular formula is C19H27BFNO3. The Bertz CT molecular complexity index is 661. The van der Waals surface area contributed by atoms with Crippen molar-refractivity contribution in [3.05, 3.63) is 29.6 Å². The van der Waals surface area contributed by atoms with Gasteiger partial charge in [0.15, 0.2) is 0 Å². The summed E-state index contributed by atoms with van der Waals surface area (Å²) in [5.41, 5.74) is -0.716. The van der Waals surface area contributed by atoms with E-state index in [2.05, 4.69) is 0 Å². The first-order valence-corrected chi connectivity index (χ1v) is 9.09. The molecule has 25 heavy (non-hydrogen) atoms. The fourth-order valence-electron chi connectivity index (χ4n) is 3.42. The quantitative estimate of drug-likeness (QED) is 0.772. The summed E-state index contributed by atoms with van der Waals surface area (Å²) in [7, 11) is -0.809. The smallest absolute Gasteiger partial charge is 0.399 e. The van der Waals surface area contributed by atoms with E-state index in [0.29, 0.717) is 6.54 Å². The number of carbonyl (C=O) groups excluding carboxylic acids is 1. The van der Waals surface area contributed by atoms with Crippen LogP contribution in [-0.2, 0) is 9.31 Å². The Morgan fingerprint density at radius 3 is 2.44 bits per heavy atom. The molecule has 0 saturated carbocycles. The normalized spacial score (nSPS) is 25.3. The summed E-state index contributed by atoms with van der Waals surface area (Å²) in [5.74, 6) is -0.785. The van der Waals surface area contributed by atoms with Gasteiger partial charge >= 0.3 is 7.12 Å². The minimum absolute atomic E-state index is 0.0981. The maximum atomic E-state index is 15.2. The lowest BCUT2D eigenvalue weighted by Crippen LogP contribution is -2.44. The Kier molecular flexibility index (Phi) is 4.71. The number of amides is 1. The summed E-state index contributed by atoms with van der Waals surface area (Å²) in [5, 5.41) is 0. The van der Waals surface area contributed by atoms with Crippen LogP contribution in [0.25, 0.3) is 0 Å². The molecule has 0 N–H and O–H groups in total. The van der Waals surface area contributed by atoms with Crippen LogP contribution < -0.4 is 5.46 Å². The fourth-order valence-corrected chi connectivity index (χ4v) is 3.42. The average molecular weight is 347 g/mol. The highest BCUT2D eigenvalue weighted by molar-refractivity contribution is 6.62. The standard InChI is InChI=1S/C19H27BFNO3/c1-13-9-6-7-12-22(13)17(23)14-10-8-11-15(16(14)21)20-24-18(2,3)19(4,5)25-20/h8,10-11,13H,6-7,9,12H2,1-5H3. The lowest BCUT2D eigenvalue weighted by Gasteiger charge is -2.33. The third kappa shape index (κ3) is 3.22. The van der Waals surface area contributed by atoms with E-state index in [0.717, 1.165) is 19.3 Å². The maximum absolute atomic E-state index is 15.2. The number of carbonyl (C=O) groups is 1. The Morgan fingerprint density at radius 2 is 1.84 bits per heavy atom. The molecule has 6 heteroatoms. The predicted octanol–water partition coefficient (Wildman–Crippen LogP) is 3.14. The van der Waals surface area contributed by atoms with Crippen LogP contribution in [0.1, 0.15) is 64.2 Å². The monoisotopic (exact) mass is 347 g/mol. The van der Waals surface area contributed by atoms with Crippen LogP contribution in [-0.4, -0.2) is 41.7 Å². The zero-order chi connectivity index (χ0) is 18.4. The summed E-state index contributed by atoms with van der Waals surface area (Å²) in [6, 6.07) is 5.02. The maximum Gasteiger partial charge on any atom is 0.497 e. The molecule has 0 spiro atoms. The molecule has 0 bridgehead atoms. The molecule has 1 unspecified atom stereocenters. The van der Waals surface area contributed by atoms with Crippen LogP contribution in [0.15, 0.2) is 18.2 Å². The van der Waals surface area contributed by atoms with E-state index in [-0.39, 0.29) is 23.0 Å². The van der Waals surface area contributed by atoms with E-state index in [9.17, 15) is 4.79 Å². The molecule has 2 aliphatic heterocycles. The van der Waals surface area contributed by atoms with E-state index in [1.54, 1.807) is 23.1 Å². The molecule has 3 rings (SSSR count). The number of nitrogens with zero attached hydrogens (tertiary/aromatic N) is 1. The Hall–Kier alpha value is -1.40. The van der Waals surface area contributed by atoms with Gasteiger partial charge in [0.2, 0.25) is 0 Å². The van der Waals surface area contributed by atoms with Gasteiger partial charge in [0.25, 0.3) is 5.91 Å². The highest BCUT2D eigenvalue weighted by Gasteiger charge is 2.52. The van der Waals surface area contributed by atoms with Crippen molar-refractivity contribution in [2.75, 3.05) is 6.54 Å². The number of halogens is 1. The van der Waals surface area contributed by atoms with E-state index >= 15 is 4.39 Å². The van der Waals surface area contributed by atoms with Crippen molar-refractivity contribution in [3.8, 4) is 0 Å². The van der Waals surface area contributed by atoms with Crippen molar-refractivity contribution in [3.63, 3.8) is 0 Å². The van der Waals surface area contributed by atoms with Crippen LogP contribution in [0.4, 0.5) is 4.39 Å². The van der Waals surface area contributed by atoms with E-state index in [1.165, 1.54) is 0 Å². The molecule has 0 radical (unpaired) electrons. The number of rotatable bonds is 2. The summed E-state index contributed by atoms with van der Waals surface area (Å²) in [6.45, 7) is 10.4. The highest BCUT2D eigenvalue weighted by Crippen LogP contribution is 2.36. The molecule has 136 valence electrons. The van der Waals surface area contributed by atoms with Gasteiger partial charge in [-0.05, 0) is 59.9 Å². The SMILES string of the molecule is CC1CCCCN1C(=O)c1cccc(B2OC(C)(C)C(C)(C)O2)c1F. The number of benzene rings is 1. The number of hydrogen-bond acceptors (Lipinski definition) is 3. The van der Waals surface area contributed by atoms with Gasteiger partial charge < -0.3 is 14.2 Å². The number of piperidine rings is 1. The topological polar surface area (TPSA) is 38.8 Å². The molecular weight excluding hydrogens is 320 g/mol. The van der Waals surface area contributed by atoms with E-state index in [4.69, 9.17) is 9.31 Å². The minimum Gasteiger partial charge on any atom is -0.399 e. The molecule has 2 saturated heterocycles. The Morgan fingerprint density at radius 1 is 1.20 bits per heavy atom. The fraction of sp³-hybridized carbons (Fsp3) is 0.632. The van der Waals surface area contributed by atoms with Crippen molar-refractivity contribution in [1.29, 1.82) is 0 Å². The Balaban J connectivity index is 1.90. The first kappa shape index (κ1) is 18.4. The van der Waals surface area contributed by atoms with Crippen LogP contribution >= 0.6 is 0 Å². The van der Waals surface area contributed by atoms with Crippen LogP contribution in [0.2, 0.25) is 0 Å². The van der Waals surface area contributed by atoms with Crippen molar-refractivity contribution >= 4 is 18.5 Å². The second-order valence-corrected chi connectivity index (χ2v) is 8.14. The van der Waals surface area contributed by atoms with Crippen LogP contribution in [0.5, 0.6) is 0 Å². The van der Waals surface area contributed by atoms with Crippen molar-refractivity contribution in [2.45, 2.75) is 71.1 Å². The van der Waals surface area contributed by atoms with E-state index < -0.39 is 24.1 Å². The first-order valence-electron chi connectivity index (χ1n) is 9.09. The van der Waals surface area contributed by atoms with Gasteiger partial charge in [-0.15, -0.1) is 0 Å². The molecule has 2 fully saturated rings. The summed E-state index contributed by atoms with van der Waals surface area (Å²) in [4.78, 5) is 14.6. The predicted molar refractivity (Wildman–Crippen MR) is 96.5 cm³/mol. The molecule has 0 aromatic heterocycles. The van der Waals surface area contributed by atoms with E-state index in [1.807, 2.05) is 34.6 Å². The summed E-state index contributed by atoms with van der Waals surface area (Å²) >= 11 is 0. The molecule has 2 aliphatic rings. The molecule has 1 aromatic carbocycles. The second-order valence-electron chi connectivity index (χ2n) is 8.14. The lowest BCUT2D eigenvalue weighted by molar-refractivity contribution is 0.00578. The largest absolute Gasteiger partial charge is 0.497 e. The summed E-state index contributed by atoms with van der Waals surface area (Å²) in [6.07, 6.45) is 3.04. The molecule has 2 heterocycles. The van der Waals surface area contributed by atoms with Crippen molar-refractivity contribution in [2.24, 2.45) is 0 Å². The zero-order valence-electron chi connectivity index (χ0n) is 15.8. The van der Waals surface area contributed by atoms with Crippen molar-refractivity contribution in [1.82, 2.24) is 4.90 Å². The summed E-state index contributed by atoms with van der Waals surface area (Å²) < 4.78 is 27.0. The lowest BCUT2D eigenvalue weighted by atomic mass is 9.77. The first-order chi connectivity index (χ1) is 11.6. The van der Waals surface area contributed by atoms with Crippen LogP contribution in [0.3, 0.4) is 0 Å². The van der Waals surface area contributed by atoms with Gasteiger partial charge in [-0.25, -0.2) is 4.39 Å². The van der Waals surface area contributed by atoms with Crippen molar-refractivity contribution < 1.29 is 18.5 Å². The molecule has 1 amide bonds. The van der Waals surface area contributed by atoms with Gasteiger partial charge in [-0.1, -0.05) is 12.1 Å². The number of likely N-dealkylation sites (tertiary alicyclic amines) is 1. The third-order valence-electron chi connectivity index (χ3n) is 5.83. The van der Waals surface area contributed by atoms with Crippen LogP contribution in [0, 0.1) is 5.82 Å². The third-order valence-corrected chi connectivity index (χ3v) is 5.83. The van der Waals surface area contributed by atoms with Gasteiger partial charge in [-0.2, -0.15) is 0 Å². The second kappa shape index (κ2) is 6.40. The van der Waals surface area contributed by atoms with Gasteiger partial charge in [0.1, 0.15) is 5.82 Å². The molecule has 4 nitrogen and oxygen atoms in total. The zero-order valence-corrected chi connectivity index (χ0v) is 15.8. The average Bonchev–Trinajstić information content (AvgIpc) is 2.75. The molecule has 1 aromatic rings. The van der Waals surface area contributed by atoms with Gasteiger partial charge in [0.05, 0.1) is 16.8 Å². The highest BCUT2D eigenvalue weighted by atomic mass is 19.1. The minimum atomic E-state index is -0.809. The molecule has 0 aliphatic carbocycles. The molecule has 1 atom stereocenters. The van der Waals surface area contributed by atoms with Gasteiger partial charge in [0, 0.05) is 18.0 Å².